The zero-order valence-corrected chi connectivity index (χ0v) is 17.1. The Balaban J connectivity index is 1.65. The zero-order valence-electron chi connectivity index (χ0n) is 16.2. The molecule has 2 aromatic carbocycles. The van der Waals surface area contributed by atoms with Gasteiger partial charge in [-0.15, -0.1) is 24.5 Å². The van der Waals surface area contributed by atoms with Gasteiger partial charge in [-0.05, 0) is 47.3 Å². The molecule has 0 saturated carbocycles. The van der Waals surface area contributed by atoms with Crippen LogP contribution in [0.4, 0.5) is 30.2 Å². The highest BCUT2D eigenvalue weighted by molar-refractivity contribution is 7.12. The molecule has 0 spiro atoms. The lowest BCUT2D eigenvalue weighted by atomic mass is 10.1. The van der Waals surface area contributed by atoms with E-state index in [4.69, 9.17) is 0 Å². The van der Waals surface area contributed by atoms with Crippen LogP contribution in [0.2, 0.25) is 0 Å². The lowest BCUT2D eigenvalue weighted by Crippen LogP contribution is -2.17. The molecule has 3 aromatic rings. The van der Waals surface area contributed by atoms with Crippen LogP contribution >= 0.6 is 11.3 Å². The highest BCUT2D eigenvalue weighted by Gasteiger charge is 2.31. The number of amides is 2. The molecule has 0 aliphatic rings. The maximum absolute atomic E-state index is 12.6. The van der Waals surface area contributed by atoms with Gasteiger partial charge in [0, 0.05) is 24.8 Å². The number of nitrogens with one attached hydrogen (secondary N) is 3. The lowest BCUT2D eigenvalue weighted by molar-refractivity contribution is -0.274. The molecule has 0 fully saturated rings. The highest BCUT2D eigenvalue weighted by atomic mass is 32.1. The number of ether oxygens (including phenoxy) is 1. The van der Waals surface area contributed by atoms with Crippen molar-refractivity contribution in [2.24, 2.45) is 0 Å². The van der Waals surface area contributed by atoms with Crippen molar-refractivity contribution in [2.75, 3.05) is 16.0 Å². The molecule has 10 heteroatoms. The summed E-state index contributed by atoms with van der Waals surface area (Å²) >= 11 is 1.22. The smallest absolute Gasteiger partial charge is 0.406 e. The molecule has 162 valence electrons. The molecule has 0 aliphatic heterocycles. The molecular formula is C21H18F3N3O3S. The summed E-state index contributed by atoms with van der Waals surface area (Å²) in [7, 11) is 0. The number of carbonyl (C=O) groups excluding carboxylic acids is 2. The first-order chi connectivity index (χ1) is 14.7. The standard InChI is InChI=1S/C21H18F3N3O3S/c1-13(28)26-17-5-3-2-4-14(17)12-25-18-10-11-31-19(18)20(29)27-15-6-8-16(9-7-15)30-21(22,23)24/h2-11,25H,12H2,1H3,(H,26,28)(H,27,29). The van der Waals surface area contributed by atoms with Crippen LogP contribution in [0.3, 0.4) is 0 Å². The van der Waals surface area contributed by atoms with E-state index in [9.17, 15) is 22.8 Å². The summed E-state index contributed by atoms with van der Waals surface area (Å²) in [6.07, 6.45) is -4.78. The number of anilines is 3. The Hall–Kier alpha value is -3.53. The quantitative estimate of drug-likeness (QED) is 0.447. The summed E-state index contributed by atoms with van der Waals surface area (Å²) in [5, 5.41) is 10.3. The van der Waals surface area contributed by atoms with Crippen LogP contribution < -0.4 is 20.7 Å². The zero-order chi connectivity index (χ0) is 22.4. The predicted octanol–water partition coefficient (Wildman–Crippen LogP) is 5.47. The number of hydrogen-bond donors (Lipinski definition) is 3. The van der Waals surface area contributed by atoms with E-state index in [1.807, 2.05) is 18.2 Å². The first-order valence-corrected chi connectivity index (χ1v) is 9.93. The van der Waals surface area contributed by atoms with Crippen molar-refractivity contribution < 1.29 is 27.5 Å². The van der Waals surface area contributed by atoms with E-state index in [0.29, 0.717) is 28.5 Å². The van der Waals surface area contributed by atoms with Gasteiger partial charge in [0.15, 0.2) is 0 Å². The summed E-state index contributed by atoms with van der Waals surface area (Å²) < 4.78 is 40.6. The van der Waals surface area contributed by atoms with Gasteiger partial charge in [-0.1, -0.05) is 18.2 Å². The number of hydrogen-bond acceptors (Lipinski definition) is 5. The topological polar surface area (TPSA) is 79.5 Å². The Morgan fingerprint density at radius 3 is 2.35 bits per heavy atom. The molecule has 0 unspecified atom stereocenters. The maximum atomic E-state index is 12.6. The van der Waals surface area contributed by atoms with Crippen LogP contribution in [0, 0.1) is 0 Å². The molecule has 1 aromatic heterocycles. The van der Waals surface area contributed by atoms with E-state index in [1.165, 1.54) is 30.4 Å². The molecule has 0 bridgehead atoms. The van der Waals surface area contributed by atoms with E-state index in [0.717, 1.165) is 17.7 Å². The molecule has 1 heterocycles. The fourth-order valence-corrected chi connectivity index (χ4v) is 3.49. The second-order valence-electron chi connectivity index (χ2n) is 6.38. The molecule has 2 amide bonds. The minimum absolute atomic E-state index is 0.185. The highest BCUT2D eigenvalue weighted by Crippen LogP contribution is 2.27. The SMILES string of the molecule is CC(=O)Nc1ccccc1CNc1ccsc1C(=O)Nc1ccc(OC(F)(F)F)cc1. The van der Waals surface area contributed by atoms with Crippen molar-refractivity contribution >= 4 is 40.2 Å². The Bertz CT molecular complexity index is 1070. The molecule has 3 N–H and O–H groups in total. The number of alkyl halides is 3. The Labute approximate surface area is 180 Å². The van der Waals surface area contributed by atoms with E-state index in [2.05, 4.69) is 20.7 Å². The fourth-order valence-electron chi connectivity index (χ4n) is 2.73. The van der Waals surface area contributed by atoms with Gasteiger partial charge in [0.1, 0.15) is 10.6 Å². The summed E-state index contributed by atoms with van der Waals surface area (Å²) in [6.45, 7) is 1.80. The van der Waals surface area contributed by atoms with Crippen molar-refractivity contribution in [2.45, 2.75) is 19.8 Å². The third-order valence-electron chi connectivity index (χ3n) is 4.01. The largest absolute Gasteiger partial charge is 0.573 e. The predicted molar refractivity (Wildman–Crippen MR) is 113 cm³/mol. The average molecular weight is 449 g/mol. The third-order valence-corrected chi connectivity index (χ3v) is 4.93. The summed E-state index contributed by atoms with van der Waals surface area (Å²) in [5.41, 5.74) is 2.44. The number of rotatable bonds is 7. The van der Waals surface area contributed by atoms with Gasteiger partial charge in [0.2, 0.25) is 5.91 Å². The molecule has 0 atom stereocenters. The van der Waals surface area contributed by atoms with Crippen LogP contribution in [0.5, 0.6) is 5.75 Å². The van der Waals surface area contributed by atoms with Crippen molar-refractivity contribution in [1.82, 2.24) is 0 Å². The van der Waals surface area contributed by atoms with Crippen LogP contribution in [-0.4, -0.2) is 18.2 Å². The molecule has 6 nitrogen and oxygen atoms in total. The van der Waals surface area contributed by atoms with Crippen LogP contribution in [0.1, 0.15) is 22.2 Å². The normalized spacial score (nSPS) is 11.0. The van der Waals surface area contributed by atoms with Crippen molar-refractivity contribution in [3.8, 4) is 5.75 Å². The molecule has 0 aliphatic carbocycles. The van der Waals surface area contributed by atoms with Gasteiger partial charge in [0.25, 0.3) is 5.91 Å². The molecule has 0 saturated heterocycles. The first-order valence-electron chi connectivity index (χ1n) is 9.05. The molecule has 3 rings (SSSR count). The number of thiophene rings is 1. The number of para-hydroxylation sites is 1. The average Bonchev–Trinajstić information content (AvgIpc) is 3.16. The number of halogens is 3. The van der Waals surface area contributed by atoms with Gasteiger partial charge in [0.05, 0.1) is 5.69 Å². The Kier molecular flexibility index (Phi) is 6.81. The van der Waals surface area contributed by atoms with Crippen LogP contribution in [0.25, 0.3) is 0 Å². The van der Waals surface area contributed by atoms with Crippen LogP contribution in [-0.2, 0) is 11.3 Å². The van der Waals surface area contributed by atoms with Crippen LogP contribution in [0.15, 0.2) is 60.0 Å². The summed E-state index contributed by atoms with van der Waals surface area (Å²) in [4.78, 5) is 24.4. The fraction of sp³-hybridized carbons (Fsp3) is 0.143. The second kappa shape index (κ2) is 9.52. The van der Waals surface area contributed by atoms with E-state index in [1.54, 1.807) is 17.5 Å². The van der Waals surface area contributed by atoms with Gasteiger partial charge >= 0.3 is 6.36 Å². The second-order valence-corrected chi connectivity index (χ2v) is 7.30. The lowest BCUT2D eigenvalue weighted by Gasteiger charge is -2.12. The van der Waals surface area contributed by atoms with Gasteiger partial charge in [-0.3, -0.25) is 9.59 Å². The van der Waals surface area contributed by atoms with Crippen molar-refractivity contribution in [1.29, 1.82) is 0 Å². The summed E-state index contributed by atoms with van der Waals surface area (Å²) in [5.74, 6) is -0.964. The molecule has 31 heavy (non-hydrogen) atoms. The monoisotopic (exact) mass is 449 g/mol. The van der Waals surface area contributed by atoms with Crippen molar-refractivity contribution in [3.05, 3.63) is 70.4 Å². The van der Waals surface area contributed by atoms with E-state index in [-0.39, 0.29) is 11.7 Å². The summed E-state index contributed by atoms with van der Waals surface area (Å²) in [6, 6.07) is 13.9. The molecular weight excluding hydrogens is 431 g/mol. The van der Waals surface area contributed by atoms with E-state index < -0.39 is 12.3 Å². The van der Waals surface area contributed by atoms with Gasteiger partial charge in [-0.2, -0.15) is 0 Å². The third kappa shape index (κ3) is 6.48. The van der Waals surface area contributed by atoms with Crippen molar-refractivity contribution in [3.63, 3.8) is 0 Å². The molecule has 0 radical (unpaired) electrons. The first kappa shape index (κ1) is 22.2. The van der Waals surface area contributed by atoms with Gasteiger partial charge < -0.3 is 20.7 Å². The number of benzene rings is 2. The Morgan fingerprint density at radius 2 is 1.68 bits per heavy atom. The Morgan fingerprint density at radius 1 is 0.968 bits per heavy atom. The number of carbonyl (C=O) groups is 2. The minimum atomic E-state index is -4.78. The maximum Gasteiger partial charge on any atom is 0.573 e. The van der Waals surface area contributed by atoms with Gasteiger partial charge in [-0.25, -0.2) is 0 Å². The van der Waals surface area contributed by atoms with E-state index >= 15 is 0 Å². The minimum Gasteiger partial charge on any atom is -0.406 e.